The van der Waals surface area contributed by atoms with E-state index < -0.39 is 0 Å². The summed E-state index contributed by atoms with van der Waals surface area (Å²) in [6.45, 7) is 3.43. The first kappa shape index (κ1) is 24.1. The number of hydrogen-bond acceptors (Lipinski definition) is 3. The number of nitrogens with one attached hydrogen (secondary N) is 2. The zero-order valence-electron chi connectivity index (χ0n) is 20.8. The first-order valence-electron chi connectivity index (χ1n) is 13.8. The first-order chi connectivity index (χ1) is 16.4. The van der Waals surface area contributed by atoms with E-state index in [9.17, 15) is 0 Å². The van der Waals surface area contributed by atoms with Gasteiger partial charge in [-0.2, -0.15) is 0 Å². The Bertz CT molecular complexity index is 779. The van der Waals surface area contributed by atoms with Gasteiger partial charge in [0.1, 0.15) is 12.3 Å². The molecule has 180 valence electrons. The maximum absolute atomic E-state index is 3.82. The summed E-state index contributed by atoms with van der Waals surface area (Å²) in [6, 6.07) is 17.6. The molecule has 2 aliphatic heterocycles. The highest BCUT2D eigenvalue weighted by Crippen LogP contribution is 2.46. The molecule has 2 aliphatic rings. The fourth-order valence-electron chi connectivity index (χ4n) is 5.60. The molecule has 0 unspecified atom stereocenters. The van der Waals surface area contributed by atoms with Crippen LogP contribution < -0.4 is 10.6 Å². The summed E-state index contributed by atoms with van der Waals surface area (Å²) in [5, 5.41) is 7.64. The summed E-state index contributed by atoms with van der Waals surface area (Å²) >= 11 is 0. The Kier molecular flexibility index (Phi) is 9.53. The van der Waals surface area contributed by atoms with E-state index in [4.69, 9.17) is 0 Å². The standard InChI is InChI=1S/C30H45N3/c1-2-3-4-5-6-7-8-9-10-11-12-13-14-19-24-33-29-25-20-15-17-22-27(25)31-30(33)26-21-16-18-23-28(26)32-29/h15-18,20-23,29-32H,2-14,19,24H2,1H3/t29-,30-/m1/s1. The molecule has 0 saturated carbocycles. The van der Waals surface area contributed by atoms with E-state index in [0.717, 1.165) is 6.54 Å². The number of anilines is 2. The molecule has 2 heterocycles. The van der Waals surface area contributed by atoms with Crippen LogP contribution in [-0.2, 0) is 0 Å². The largest absolute Gasteiger partial charge is 0.365 e. The Morgan fingerprint density at radius 1 is 0.545 bits per heavy atom. The number of unbranched alkanes of at least 4 members (excludes halogenated alkanes) is 13. The fraction of sp³-hybridized carbons (Fsp3) is 0.600. The summed E-state index contributed by atoms with van der Waals surface area (Å²) in [5.41, 5.74) is 5.28. The van der Waals surface area contributed by atoms with Crippen molar-refractivity contribution in [3.63, 3.8) is 0 Å². The summed E-state index contributed by atoms with van der Waals surface area (Å²) in [6.07, 6.45) is 20.3. The fourth-order valence-corrected chi connectivity index (χ4v) is 5.60. The van der Waals surface area contributed by atoms with Crippen molar-refractivity contribution in [1.29, 1.82) is 0 Å². The molecule has 2 atom stereocenters. The second-order valence-electron chi connectivity index (χ2n) is 10.1. The van der Waals surface area contributed by atoms with E-state index >= 15 is 0 Å². The van der Waals surface area contributed by atoms with Crippen LogP contribution in [0.5, 0.6) is 0 Å². The molecule has 3 nitrogen and oxygen atoms in total. The summed E-state index contributed by atoms with van der Waals surface area (Å²) in [5.74, 6) is 0. The molecule has 0 amide bonds. The van der Waals surface area contributed by atoms with Gasteiger partial charge in [-0.3, -0.25) is 4.90 Å². The van der Waals surface area contributed by atoms with Crippen molar-refractivity contribution in [3.05, 3.63) is 59.7 Å². The normalized spacial score (nSPS) is 18.8. The maximum Gasteiger partial charge on any atom is 0.110 e. The Morgan fingerprint density at radius 2 is 0.939 bits per heavy atom. The van der Waals surface area contributed by atoms with Crippen molar-refractivity contribution in [1.82, 2.24) is 4.90 Å². The smallest absolute Gasteiger partial charge is 0.110 e. The van der Waals surface area contributed by atoms with Crippen LogP contribution in [0, 0.1) is 0 Å². The van der Waals surface area contributed by atoms with E-state index in [1.807, 2.05) is 0 Å². The van der Waals surface area contributed by atoms with Crippen molar-refractivity contribution in [2.75, 3.05) is 17.2 Å². The molecule has 2 aromatic rings. The van der Waals surface area contributed by atoms with Crippen LogP contribution in [0.1, 0.15) is 120 Å². The van der Waals surface area contributed by atoms with Gasteiger partial charge >= 0.3 is 0 Å². The molecule has 0 aromatic heterocycles. The van der Waals surface area contributed by atoms with Gasteiger partial charge in [0.2, 0.25) is 0 Å². The van der Waals surface area contributed by atoms with E-state index in [-0.39, 0.29) is 12.3 Å². The van der Waals surface area contributed by atoms with Gasteiger partial charge in [0.05, 0.1) is 0 Å². The highest BCUT2D eigenvalue weighted by Gasteiger charge is 2.39. The minimum absolute atomic E-state index is 0.268. The molecular weight excluding hydrogens is 402 g/mol. The molecule has 4 rings (SSSR count). The van der Waals surface area contributed by atoms with Gasteiger partial charge in [0, 0.05) is 29.0 Å². The lowest BCUT2D eigenvalue weighted by Gasteiger charge is -2.49. The predicted molar refractivity (Wildman–Crippen MR) is 143 cm³/mol. The lowest BCUT2D eigenvalue weighted by atomic mass is 9.95. The Morgan fingerprint density at radius 3 is 1.39 bits per heavy atom. The van der Waals surface area contributed by atoms with Gasteiger partial charge < -0.3 is 10.6 Å². The number of rotatable bonds is 15. The molecule has 2 aromatic carbocycles. The molecule has 2 N–H and O–H groups in total. The lowest BCUT2D eigenvalue weighted by molar-refractivity contribution is 0.144. The van der Waals surface area contributed by atoms with Gasteiger partial charge in [0.15, 0.2) is 0 Å². The maximum atomic E-state index is 3.82. The lowest BCUT2D eigenvalue weighted by Crippen LogP contribution is -2.47. The number of para-hydroxylation sites is 2. The average molecular weight is 448 g/mol. The number of fused-ring (bicyclic) bond motifs is 6. The van der Waals surface area contributed by atoms with Crippen molar-refractivity contribution in [2.24, 2.45) is 0 Å². The van der Waals surface area contributed by atoms with E-state index in [0.29, 0.717) is 0 Å². The Labute approximate surface area is 202 Å². The molecule has 0 spiro atoms. The van der Waals surface area contributed by atoms with Crippen LogP contribution >= 0.6 is 0 Å². The van der Waals surface area contributed by atoms with E-state index in [1.54, 1.807) is 0 Å². The summed E-state index contributed by atoms with van der Waals surface area (Å²) in [7, 11) is 0. The Hall–Kier alpha value is -2.00. The molecule has 0 aliphatic carbocycles. The zero-order valence-corrected chi connectivity index (χ0v) is 20.8. The monoisotopic (exact) mass is 447 g/mol. The molecule has 0 saturated heterocycles. The van der Waals surface area contributed by atoms with Gasteiger partial charge in [-0.15, -0.1) is 0 Å². The van der Waals surface area contributed by atoms with Crippen LogP contribution in [0.3, 0.4) is 0 Å². The minimum atomic E-state index is 0.268. The number of hydrogen-bond donors (Lipinski definition) is 2. The van der Waals surface area contributed by atoms with Crippen LogP contribution in [0.4, 0.5) is 11.4 Å². The van der Waals surface area contributed by atoms with Crippen LogP contribution in [0.2, 0.25) is 0 Å². The zero-order chi connectivity index (χ0) is 22.7. The number of benzene rings is 2. The van der Waals surface area contributed by atoms with Crippen LogP contribution in [0.25, 0.3) is 0 Å². The van der Waals surface area contributed by atoms with E-state index in [2.05, 4.69) is 71.0 Å². The summed E-state index contributed by atoms with van der Waals surface area (Å²) in [4.78, 5) is 2.63. The SMILES string of the molecule is CCCCCCCCCCCCCCCCN1[C@H]2Nc3ccccc3[C@@H]1Nc1ccccc12. The molecule has 33 heavy (non-hydrogen) atoms. The molecule has 0 fully saturated rings. The van der Waals surface area contributed by atoms with Gasteiger partial charge in [-0.1, -0.05) is 127 Å². The van der Waals surface area contributed by atoms with Gasteiger partial charge in [0.25, 0.3) is 0 Å². The van der Waals surface area contributed by atoms with Crippen LogP contribution in [0.15, 0.2) is 48.5 Å². The second-order valence-corrected chi connectivity index (χ2v) is 10.1. The van der Waals surface area contributed by atoms with Crippen molar-refractivity contribution < 1.29 is 0 Å². The number of nitrogens with zero attached hydrogens (tertiary/aromatic N) is 1. The van der Waals surface area contributed by atoms with E-state index in [1.165, 1.54) is 112 Å². The average Bonchev–Trinajstić information content (AvgIpc) is 2.84. The third kappa shape index (κ3) is 6.53. The first-order valence-corrected chi connectivity index (χ1v) is 13.8. The topological polar surface area (TPSA) is 27.3 Å². The highest BCUT2D eigenvalue weighted by atomic mass is 15.4. The molecule has 0 radical (unpaired) electrons. The predicted octanol–water partition coefficient (Wildman–Crippen LogP) is 9.02. The van der Waals surface area contributed by atoms with Crippen molar-refractivity contribution >= 4 is 11.4 Å². The van der Waals surface area contributed by atoms with Gasteiger partial charge in [-0.05, 0) is 18.6 Å². The quantitative estimate of drug-likeness (QED) is 0.267. The Balaban J connectivity index is 1.14. The van der Waals surface area contributed by atoms with Gasteiger partial charge in [-0.25, -0.2) is 0 Å². The molecule has 3 heteroatoms. The molecule has 2 bridgehead atoms. The minimum Gasteiger partial charge on any atom is -0.365 e. The molecular formula is C30H45N3. The summed E-state index contributed by atoms with van der Waals surface area (Å²) < 4.78 is 0. The third-order valence-corrected chi connectivity index (χ3v) is 7.53. The third-order valence-electron chi connectivity index (χ3n) is 7.53. The van der Waals surface area contributed by atoms with Crippen LogP contribution in [-0.4, -0.2) is 11.4 Å². The van der Waals surface area contributed by atoms with Crippen molar-refractivity contribution in [3.8, 4) is 0 Å². The highest BCUT2D eigenvalue weighted by molar-refractivity contribution is 5.65. The second kappa shape index (κ2) is 13.0. The van der Waals surface area contributed by atoms with Crippen molar-refractivity contribution in [2.45, 2.75) is 109 Å².